The minimum absolute atomic E-state index is 0.120. The molecule has 10 heavy (non-hydrogen) atoms. The van der Waals surface area contributed by atoms with E-state index in [4.69, 9.17) is 0 Å². The lowest BCUT2D eigenvalue weighted by atomic mass is 9.88. The molecule has 2 atom stereocenters. The summed E-state index contributed by atoms with van der Waals surface area (Å²) in [6, 6.07) is 0. The second-order valence-corrected chi connectivity index (χ2v) is 3.40. The van der Waals surface area contributed by atoms with E-state index in [1.165, 1.54) is 0 Å². The highest BCUT2D eigenvalue weighted by molar-refractivity contribution is 4.81. The maximum atomic E-state index is 9.51. The summed E-state index contributed by atoms with van der Waals surface area (Å²) >= 11 is 0. The van der Waals surface area contributed by atoms with Crippen LogP contribution in [0.1, 0.15) is 34.1 Å². The van der Waals surface area contributed by atoms with Crippen molar-refractivity contribution in [2.24, 2.45) is 5.92 Å². The van der Waals surface area contributed by atoms with Gasteiger partial charge in [-0.3, -0.25) is 0 Å². The highest BCUT2D eigenvalue weighted by Crippen LogP contribution is 2.19. The molecule has 0 aromatic carbocycles. The maximum absolute atomic E-state index is 9.51. The summed E-state index contributed by atoms with van der Waals surface area (Å²) in [6.07, 6.45) is -0.0238. The molecule has 0 amide bonds. The molecular formula is C8H18O2. The molecule has 0 saturated carbocycles. The molecule has 0 aromatic heterocycles. The SMILES string of the molecule is CCC(C)(O)C(O)C(C)C. The van der Waals surface area contributed by atoms with Gasteiger partial charge in [0.15, 0.2) is 0 Å². The molecular weight excluding hydrogens is 128 g/mol. The average molecular weight is 146 g/mol. The number of aliphatic hydroxyl groups excluding tert-OH is 1. The minimum Gasteiger partial charge on any atom is -0.390 e. The van der Waals surface area contributed by atoms with Crippen LogP contribution in [0.25, 0.3) is 0 Å². The predicted molar refractivity (Wildman–Crippen MR) is 41.8 cm³/mol. The van der Waals surface area contributed by atoms with E-state index in [-0.39, 0.29) is 5.92 Å². The fraction of sp³-hybridized carbons (Fsp3) is 1.00. The first kappa shape index (κ1) is 9.92. The Labute approximate surface area is 62.9 Å². The van der Waals surface area contributed by atoms with Crippen LogP contribution in [0.4, 0.5) is 0 Å². The van der Waals surface area contributed by atoms with Crippen LogP contribution in [0.15, 0.2) is 0 Å². The average Bonchev–Trinajstić information content (AvgIpc) is 1.86. The van der Waals surface area contributed by atoms with Gasteiger partial charge in [0, 0.05) is 0 Å². The lowest BCUT2D eigenvalue weighted by Crippen LogP contribution is -2.41. The molecule has 0 saturated heterocycles. The second kappa shape index (κ2) is 3.35. The number of aliphatic hydroxyl groups is 2. The third-order valence-electron chi connectivity index (χ3n) is 1.98. The van der Waals surface area contributed by atoms with Crippen LogP contribution in [-0.4, -0.2) is 21.9 Å². The van der Waals surface area contributed by atoms with E-state index < -0.39 is 11.7 Å². The molecule has 62 valence electrons. The van der Waals surface area contributed by atoms with Crippen molar-refractivity contribution in [3.8, 4) is 0 Å². The molecule has 2 unspecified atom stereocenters. The molecule has 0 rings (SSSR count). The molecule has 2 N–H and O–H groups in total. The van der Waals surface area contributed by atoms with Crippen molar-refractivity contribution >= 4 is 0 Å². The van der Waals surface area contributed by atoms with Gasteiger partial charge < -0.3 is 10.2 Å². The van der Waals surface area contributed by atoms with Gasteiger partial charge in [-0.25, -0.2) is 0 Å². The van der Waals surface area contributed by atoms with Crippen LogP contribution in [0.2, 0.25) is 0 Å². The molecule has 0 fully saturated rings. The summed E-state index contributed by atoms with van der Waals surface area (Å²) in [6.45, 7) is 7.33. The Morgan fingerprint density at radius 1 is 1.40 bits per heavy atom. The summed E-state index contributed by atoms with van der Waals surface area (Å²) < 4.78 is 0. The highest BCUT2D eigenvalue weighted by atomic mass is 16.3. The van der Waals surface area contributed by atoms with Gasteiger partial charge in [0.05, 0.1) is 11.7 Å². The van der Waals surface area contributed by atoms with Crippen LogP contribution < -0.4 is 0 Å². The molecule has 0 heterocycles. The lowest BCUT2D eigenvalue weighted by Gasteiger charge is -2.30. The molecule has 2 heteroatoms. The maximum Gasteiger partial charge on any atom is 0.0877 e. The van der Waals surface area contributed by atoms with Crippen LogP contribution in [0.5, 0.6) is 0 Å². The van der Waals surface area contributed by atoms with Crippen molar-refractivity contribution in [2.45, 2.75) is 45.8 Å². The molecule has 0 spiro atoms. The third kappa shape index (κ3) is 2.27. The molecule has 0 aromatic rings. The number of hydrogen-bond donors (Lipinski definition) is 2. The first-order chi connectivity index (χ1) is 4.41. The van der Waals surface area contributed by atoms with Crippen molar-refractivity contribution in [1.82, 2.24) is 0 Å². The zero-order valence-electron chi connectivity index (χ0n) is 7.26. The van der Waals surface area contributed by atoms with E-state index in [1.807, 2.05) is 20.8 Å². The van der Waals surface area contributed by atoms with E-state index in [9.17, 15) is 10.2 Å². The Bertz CT molecular complexity index is 97.4. The highest BCUT2D eigenvalue weighted by Gasteiger charge is 2.30. The zero-order chi connectivity index (χ0) is 8.36. The van der Waals surface area contributed by atoms with Crippen LogP contribution in [0, 0.1) is 5.92 Å². The first-order valence-electron chi connectivity index (χ1n) is 3.82. The van der Waals surface area contributed by atoms with E-state index in [2.05, 4.69) is 0 Å². The fourth-order valence-electron chi connectivity index (χ4n) is 0.927. The first-order valence-corrected chi connectivity index (χ1v) is 3.82. The zero-order valence-corrected chi connectivity index (χ0v) is 7.26. The fourth-order valence-corrected chi connectivity index (χ4v) is 0.927. The Balaban J connectivity index is 4.03. The second-order valence-electron chi connectivity index (χ2n) is 3.40. The van der Waals surface area contributed by atoms with Crippen LogP contribution in [0.3, 0.4) is 0 Å². The van der Waals surface area contributed by atoms with Gasteiger partial charge in [0.2, 0.25) is 0 Å². The van der Waals surface area contributed by atoms with Crippen molar-refractivity contribution in [3.63, 3.8) is 0 Å². The molecule has 0 radical (unpaired) electrons. The van der Waals surface area contributed by atoms with E-state index in [0.29, 0.717) is 6.42 Å². The third-order valence-corrected chi connectivity index (χ3v) is 1.98. The van der Waals surface area contributed by atoms with Crippen LogP contribution >= 0.6 is 0 Å². The molecule has 0 aliphatic carbocycles. The van der Waals surface area contributed by atoms with E-state index in [1.54, 1.807) is 6.92 Å². The Morgan fingerprint density at radius 2 is 1.80 bits per heavy atom. The van der Waals surface area contributed by atoms with Gasteiger partial charge >= 0.3 is 0 Å². The normalized spacial score (nSPS) is 20.7. The lowest BCUT2D eigenvalue weighted by molar-refractivity contribution is -0.0841. The number of rotatable bonds is 3. The monoisotopic (exact) mass is 146 g/mol. The molecule has 0 aliphatic rings. The molecule has 0 aliphatic heterocycles. The smallest absolute Gasteiger partial charge is 0.0877 e. The van der Waals surface area contributed by atoms with Crippen LogP contribution in [-0.2, 0) is 0 Å². The van der Waals surface area contributed by atoms with Crippen molar-refractivity contribution in [1.29, 1.82) is 0 Å². The Morgan fingerprint density at radius 3 is 1.90 bits per heavy atom. The van der Waals surface area contributed by atoms with E-state index in [0.717, 1.165) is 0 Å². The largest absolute Gasteiger partial charge is 0.390 e. The van der Waals surface area contributed by atoms with Gasteiger partial charge in [-0.2, -0.15) is 0 Å². The quantitative estimate of drug-likeness (QED) is 0.627. The van der Waals surface area contributed by atoms with Gasteiger partial charge in [-0.05, 0) is 19.3 Å². The minimum atomic E-state index is -0.922. The van der Waals surface area contributed by atoms with Gasteiger partial charge in [0.25, 0.3) is 0 Å². The van der Waals surface area contributed by atoms with Gasteiger partial charge in [-0.15, -0.1) is 0 Å². The predicted octanol–water partition coefficient (Wildman–Crippen LogP) is 1.16. The number of hydrogen-bond acceptors (Lipinski definition) is 2. The summed E-state index contributed by atoms with van der Waals surface area (Å²) in [5, 5.41) is 18.9. The van der Waals surface area contributed by atoms with Crippen molar-refractivity contribution < 1.29 is 10.2 Å². The Kier molecular flexibility index (Phi) is 3.33. The Hall–Kier alpha value is -0.0800. The molecule has 2 nitrogen and oxygen atoms in total. The van der Waals surface area contributed by atoms with Crippen molar-refractivity contribution in [2.75, 3.05) is 0 Å². The molecule has 0 bridgehead atoms. The van der Waals surface area contributed by atoms with Gasteiger partial charge in [-0.1, -0.05) is 20.8 Å². The standard InChI is InChI=1S/C8H18O2/c1-5-8(4,10)7(9)6(2)3/h6-7,9-10H,5H2,1-4H3. The van der Waals surface area contributed by atoms with Crippen molar-refractivity contribution in [3.05, 3.63) is 0 Å². The summed E-state index contributed by atoms with van der Waals surface area (Å²) in [4.78, 5) is 0. The summed E-state index contributed by atoms with van der Waals surface area (Å²) in [7, 11) is 0. The summed E-state index contributed by atoms with van der Waals surface area (Å²) in [5.41, 5.74) is -0.922. The summed E-state index contributed by atoms with van der Waals surface area (Å²) in [5.74, 6) is 0.120. The van der Waals surface area contributed by atoms with Gasteiger partial charge in [0.1, 0.15) is 0 Å². The van der Waals surface area contributed by atoms with E-state index >= 15 is 0 Å². The topological polar surface area (TPSA) is 40.5 Å².